The number of non-ortho nitro benzene ring substituents is 1. The third kappa shape index (κ3) is 6.32. The molecule has 31 heavy (non-hydrogen) atoms. The van der Waals surface area contributed by atoms with E-state index in [4.69, 9.17) is 0 Å². The van der Waals surface area contributed by atoms with Crippen LogP contribution in [-0.4, -0.2) is 38.8 Å². The summed E-state index contributed by atoms with van der Waals surface area (Å²) in [5.41, 5.74) is 4.15. The number of amides is 1. The Morgan fingerprint density at radius 3 is 2.26 bits per heavy atom. The highest BCUT2D eigenvalue weighted by molar-refractivity contribution is 5.95. The van der Waals surface area contributed by atoms with Crippen molar-refractivity contribution in [2.75, 3.05) is 23.4 Å². The Bertz CT molecular complexity index is 954. The zero-order valence-electron chi connectivity index (χ0n) is 17.7. The number of carbonyl (C=O) groups excluding carboxylic acids is 1. The highest BCUT2D eigenvalue weighted by Crippen LogP contribution is 2.32. The van der Waals surface area contributed by atoms with Gasteiger partial charge in [0, 0.05) is 30.8 Å². The molecule has 1 amide bonds. The Hall–Kier alpha value is -3.83. The molecule has 0 fully saturated rings. The van der Waals surface area contributed by atoms with Crippen LogP contribution in [0.3, 0.4) is 0 Å². The lowest BCUT2D eigenvalue weighted by molar-refractivity contribution is -0.384. The van der Waals surface area contributed by atoms with E-state index in [1.54, 1.807) is 0 Å². The molecule has 0 atom stereocenters. The fourth-order valence-corrected chi connectivity index (χ4v) is 2.94. The lowest BCUT2D eigenvalue weighted by atomic mass is 10.1. The summed E-state index contributed by atoms with van der Waals surface area (Å²) in [4.78, 5) is 43.7. The van der Waals surface area contributed by atoms with Gasteiger partial charge in [-0.15, -0.1) is 0 Å². The first kappa shape index (κ1) is 23.4. The first-order valence-corrected chi connectivity index (χ1v) is 9.65. The molecular formula is C19H25N7O5. The Morgan fingerprint density at radius 1 is 1.06 bits per heavy atom. The van der Waals surface area contributed by atoms with E-state index < -0.39 is 15.8 Å². The summed E-state index contributed by atoms with van der Waals surface area (Å²) < 4.78 is 0. The van der Waals surface area contributed by atoms with Crippen LogP contribution in [0.4, 0.5) is 23.0 Å². The molecule has 0 bridgehead atoms. The van der Waals surface area contributed by atoms with Gasteiger partial charge in [0.2, 0.25) is 11.6 Å². The van der Waals surface area contributed by atoms with Gasteiger partial charge in [-0.05, 0) is 17.9 Å². The number of aromatic nitrogens is 2. The van der Waals surface area contributed by atoms with Gasteiger partial charge in [0.1, 0.15) is 6.33 Å². The molecule has 0 aliphatic carbocycles. The predicted octanol–water partition coefficient (Wildman–Crippen LogP) is 3.17. The van der Waals surface area contributed by atoms with Crippen LogP contribution in [0.2, 0.25) is 0 Å². The van der Waals surface area contributed by atoms with E-state index in [0.717, 1.165) is 6.07 Å². The van der Waals surface area contributed by atoms with Gasteiger partial charge < -0.3 is 4.90 Å². The first-order valence-electron chi connectivity index (χ1n) is 9.65. The zero-order valence-corrected chi connectivity index (χ0v) is 17.7. The van der Waals surface area contributed by atoms with Crippen molar-refractivity contribution in [1.82, 2.24) is 15.4 Å². The van der Waals surface area contributed by atoms with Crippen LogP contribution in [0.25, 0.3) is 0 Å². The number of nitro groups is 2. The van der Waals surface area contributed by atoms with E-state index in [2.05, 4.69) is 20.8 Å². The predicted molar refractivity (Wildman–Crippen MR) is 115 cm³/mol. The van der Waals surface area contributed by atoms with Crippen LogP contribution in [0, 0.1) is 32.1 Å². The van der Waals surface area contributed by atoms with Gasteiger partial charge in [0.05, 0.1) is 9.85 Å². The molecule has 0 saturated heterocycles. The lowest BCUT2D eigenvalue weighted by Crippen LogP contribution is -2.34. The summed E-state index contributed by atoms with van der Waals surface area (Å²) in [7, 11) is 0. The van der Waals surface area contributed by atoms with Gasteiger partial charge in [0.25, 0.3) is 11.6 Å². The maximum atomic E-state index is 12.4. The van der Waals surface area contributed by atoms with Crippen molar-refractivity contribution < 1.29 is 14.6 Å². The smallest absolute Gasteiger partial charge is 0.350 e. The van der Waals surface area contributed by atoms with Gasteiger partial charge in [-0.25, -0.2) is 9.97 Å². The number of hydrogen-bond acceptors (Lipinski definition) is 9. The molecule has 1 heterocycles. The second kappa shape index (κ2) is 10.3. The molecule has 0 spiro atoms. The summed E-state index contributed by atoms with van der Waals surface area (Å²) in [5, 5.41) is 22.7. The fraction of sp³-hybridized carbons (Fsp3) is 0.421. The molecule has 12 heteroatoms. The minimum absolute atomic E-state index is 0.0138. The minimum Gasteiger partial charge on any atom is -0.350 e. The number of nitrogens with one attached hydrogen (secondary N) is 2. The Kier molecular flexibility index (Phi) is 7.77. The number of hydrazine groups is 1. The van der Waals surface area contributed by atoms with Crippen LogP contribution >= 0.6 is 0 Å². The molecule has 2 N–H and O–H groups in total. The van der Waals surface area contributed by atoms with E-state index in [1.807, 2.05) is 32.6 Å². The second-order valence-electron chi connectivity index (χ2n) is 7.73. The van der Waals surface area contributed by atoms with Gasteiger partial charge in [0.15, 0.2) is 0 Å². The summed E-state index contributed by atoms with van der Waals surface area (Å²) >= 11 is 0. The maximum absolute atomic E-state index is 12.4. The molecule has 0 unspecified atom stereocenters. The quantitative estimate of drug-likeness (QED) is 0.426. The summed E-state index contributed by atoms with van der Waals surface area (Å²) in [6.07, 6.45) is 1.18. The van der Waals surface area contributed by atoms with Crippen LogP contribution in [-0.2, 0) is 0 Å². The van der Waals surface area contributed by atoms with Crippen LogP contribution in [0.1, 0.15) is 38.1 Å². The largest absolute Gasteiger partial charge is 0.355 e. The van der Waals surface area contributed by atoms with Crippen molar-refractivity contribution in [2.24, 2.45) is 11.8 Å². The van der Waals surface area contributed by atoms with Gasteiger partial charge >= 0.3 is 5.69 Å². The van der Waals surface area contributed by atoms with Crippen molar-refractivity contribution in [1.29, 1.82) is 0 Å². The second-order valence-corrected chi connectivity index (χ2v) is 7.73. The van der Waals surface area contributed by atoms with Crippen molar-refractivity contribution in [2.45, 2.75) is 27.7 Å². The van der Waals surface area contributed by atoms with Crippen molar-refractivity contribution in [3.63, 3.8) is 0 Å². The van der Waals surface area contributed by atoms with E-state index >= 15 is 0 Å². The summed E-state index contributed by atoms with van der Waals surface area (Å²) in [6, 6.07) is 5.11. The minimum atomic E-state index is -0.709. The van der Waals surface area contributed by atoms with Gasteiger partial charge in [-0.2, -0.15) is 0 Å². The molecule has 2 rings (SSSR count). The Morgan fingerprint density at radius 2 is 1.71 bits per heavy atom. The van der Waals surface area contributed by atoms with Gasteiger partial charge in [-0.1, -0.05) is 33.8 Å². The molecule has 12 nitrogen and oxygen atoms in total. The average molecular weight is 431 g/mol. The monoisotopic (exact) mass is 431 g/mol. The fourth-order valence-electron chi connectivity index (χ4n) is 2.94. The normalized spacial score (nSPS) is 10.8. The Balaban J connectivity index is 2.31. The molecule has 0 aliphatic rings. The Labute approximate surface area is 179 Å². The molecule has 2 aromatic rings. The molecule has 1 aromatic heterocycles. The van der Waals surface area contributed by atoms with Crippen LogP contribution in [0.5, 0.6) is 0 Å². The number of nitrogens with zero attached hydrogens (tertiary/aromatic N) is 5. The molecule has 166 valence electrons. The van der Waals surface area contributed by atoms with Crippen LogP contribution < -0.4 is 15.8 Å². The van der Waals surface area contributed by atoms with E-state index in [9.17, 15) is 25.0 Å². The third-order valence-corrected chi connectivity index (χ3v) is 4.07. The van der Waals surface area contributed by atoms with Gasteiger partial charge in [-0.3, -0.25) is 35.9 Å². The van der Waals surface area contributed by atoms with Crippen molar-refractivity contribution in [3.05, 3.63) is 56.4 Å². The van der Waals surface area contributed by atoms with Crippen LogP contribution in [0.15, 0.2) is 30.6 Å². The number of carbonyl (C=O) groups is 1. The summed E-state index contributed by atoms with van der Waals surface area (Å²) in [6.45, 7) is 9.10. The highest BCUT2D eigenvalue weighted by atomic mass is 16.6. The first-order chi connectivity index (χ1) is 14.6. The molecule has 0 radical (unpaired) electrons. The van der Waals surface area contributed by atoms with Crippen molar-refractivity contribution in [3.8, 4) is 0 Å². The molecule has 0 aliphatic heterocycles. The van der Waals surface area contributed by atoms with E-state index in [-0.39, 0.29) is 40.4 Å². The topological polar surface area (TPSA) is 156 Å². The standard InChI is InChI=1S/C19H25N7O5/c1-12(2)9-24(10-13(3)4)18-16(26(30)31)17(20-11-21-18)22-23-19(27)14-6-5-7-15(8-14)25(28)29/h5-8,11-13H,9-10H2,1-4H3,(H,23,27)(H,20,21,22). The number of rotatable bonds is 10. The molecular weight excluding hydrogens is 406 g/mol. The van der Waals surface area contributed by atoms with E-state index in [0.29, 0.717) is 13.1 Å². The molecule has 1 aromatic carbocycles. The maximum Gasteiger partial charge on any atom is 0.355 e. The van der Waals surface area contributed by atoms with E-state index in [1.165, 1.54) is 24.5 Å². The SMILES string of the molecule is CC(C)CN(CC(C)C)c1ncnc(NNC(=O)c2cccc([N+](=O)[O-])c2)c1[N+](=O)[O-]. The third-order valence-electron chi connectivity index (χ3n) is 4.07. The number of nitro benzene ring substituents is 1. The summed E-state index contributed by atoms with van der Waals surface area (Å²) in [5.74, 6) is -0.281. The average Bonchev–Trinajstić information content (AvgIpc) is 2.70. The number of benzene rings is 1. The zero-order chi connectivity index (χ0) is 23.1. The number of hydrogen-bond donors (Lipinski definition) is 2. The molecule has 0 saturated carbocycles. The van der Waals surface area contributed by atoms with Crippen molar-refractivity contribution >= 4 is 28.9 Å². The highest BCUT2D eigenvalue weighted by Gasteiger charge is 2.28. The number of anilines is 2. The lowest BCUT2D eigenvalue weighted by Gasteiger charge is -2.27.